The lowest BCUT2D eigenvalue weighted by molar-refractivity contribution is -0.137. The average Bonchev–Trinajstić information content (AvgIpc) is 2.70. The molecule has 0 radical (unpaired) electrons. The van der Waals surface area contributed by atoms with Crippen LogP contribution < -0.4 is 5.32 Å². The Morgan fingerprint density at radius 2 is 1.93 bits per heavy atom. The Kier molecular flexibility index (Phi) is 7.16. The Labute approximate surface area is 179 Å². The lowest BCUT2D eigenvalue weighted by Crippen LogP contribution is -2.54. The Morgan fingerprint density at radius 3 is 2.57 bits per heavy atom. The summed E-state index contributed by atoms with van der Waals surface area (Å²) < 4.78 is 38.4. The molecular formula is C22H27F3N2O2S. The molecule has 1 aromatic rings. The number of rotatable bonds is 5. The zero-order valence-electron chi connectivity index (χ0n) is 17.2. The number of nitrogens with zero attached hydrogens (tertiary/aromatic N) is 1. The van der Waals surface area contributed by atoms with Crippen LogP contribution in [0.25, 0.3) is 6.08 Å². The van der Waals surface area contributed by atoms with E-state index in [0.717, 1.165) is 44.2 Å². The normalized spacial score (nSPS) is 24.5. The third kappa shape index (κ3) is 5.39. The topological polar surface area (TPSA) is 49.4 Å². The fourth-order valence-corrected chi connectivity index (χ4v) is 5.33. The molecule has 1 saturated heterocycles. The van der Waals surface area contributed by atoms with Crippen LogP contribution in [-0.2, 0) is 15.8 Å². The second-order valence-corrected chi connectivity index (χ2v) is 9.23. The third-order valence-corrected chi connectivity index (χ3v) is 7.09. The summed E-state index contributed by atoms with van der Waals surface area (Å²) in [4.78, 5) is 27.8. The third-order valence-electron chi connectivity index (χ3n) is 5.69. The zero-order chi connectivity index (χ0) is 21.9. The molecule has 1 aliphatic carbocycles. The van der Waals surface area contributed by atoms with E-state index in [1.165, 1.54) is 23.9 Å². The van der Waals surface area contributed by atoms with Crippen molar-refractivity contribution in [2.45, 2.75) is 69.5 Å². The molecule has 2 aliphatic rings. The van der Waals surface area contributed by atoms with Crippen LogP contribution >= 0.6 is 11.8 Å². The molecule has 2 fully saturated rings. The molecule has 30 heavy (non-hydrogen) atoms. The van der Waals surface area contributed by atoms with Gasteiger partial charge in [-0.15, -0.1) is 11.8 Å². The van der Waals surface area contributed by atoms with Crippen LogP contribution in [0.4, 0.5) is 13.2 Å². The van der Waals surface area contributed by atoms with Crippen LogP contribution in [0.3, 0.4) is 0 Å². The number of alkyl halides is 3. The van der Waals surface area contributed by atoms with Crippen molar-refractivity contribution in [1.29, 1.82) is 0 Å². The Hall–Kier alpha value is -1.96. The molecule has 8 heteroatoms. The number of thioether (sulfide) groups is 1. The predicted octanol–water partition coefficient (Wildman–Crippen LogP) is 4.85. The SMILES string of the molecule is CCC(C)NC(=O)CN1C(=O)/C(=C\c2ccc(C(F)(F)F)cc2)SC2CCCCC21. The van der Waals surface area contributed by atoms with Crippen LogP contribution in [0.15, 0.2) is 29.2 Å². The molecule has 0 aromatic heterocycles. The monoisotopic (exact) mass is 440 g/mol. The number of fused-ring (bicyclic) bond motifs is 1. The molecular weight excluding hydrogens is 413 g/mol. The average molecular weight is 441 g/mol. The molecule has 3 atom stereocenters. The van der Waals surface area contributed by atoms with Crippen LogP contribution in [0.2, 0.25) is 0 Å². The lowest BCUT2D eigenvalue weighted by Gasteiger charge is -2.44. The van der Waals surface area contributed by atoms with Gasteiger partial charge < -0.3 is 10.2 Å². The number of hydrogen-bond donors (Lipinski definition) is 1. The van der Waals surface area contributed by atoms with Crippen molar-refractivity contribution in [3.63, 3.8) is 0 Å². The second kappa shape index (κ2) is 9.45. The van der Waals surface area contributed by atoms with Gasteiger partial charge in [0.05, 0.1) is 10.5 Å². The van der Waals surface area contributed by atoms with Crippen LogP contribution in [0, 0.1) is 0 Å². The number of halogens is 3. The minimum atomic E-state index is -4.39. The van der Waals surface area contributed by atoms with Gasteiger partial charge in [-0.3, -0.25) is 9.59 Å². The molecule has 4 nitrogen and oxygen atoms in total. The number of amides is 2. The van der Waals surface area contributed by atoms with Gasteiger partial charge in [0.25, 0.3) is 5.91 Å². The maximum absolute atomic E-state index is 13.2. The van der Waals surface area contributed by atoms with E-state index in [1.807, 2.05) is 13.8 Å². The second-order valence-electron chi connectivity index (χ2n) is 7.95. The largest absolute Gasteiger partial charge is 0.416 e. The maximum Gasteiger partial charge on any atom is 0.416 e. The Morgan fingerprint density at radius 1 is 1.27 bits per heavy atom. The van der Waals surface area contributed by atoms with E-state index in [2.05, 4.69) is 5.32 Å². The van der Waals surface area contributed by atoms with Crippen LogP contribution in [-0.4, -0.2) is 40.6 Å². The van der Waals surface area contributed by atoms with Gasteiger partial charge in [0.2, 0.25) is 5.91 Å². The number of nitrogens with one attached hydrogen (secondary N) is 1. The van der Waals surface area contributed by atoms with Crippen LogP contribution in [0.1, 0.15) is 57.1 Å². The molecule has 1 aromatic carbocycles. The smallest absolute Gasteiger partial charge is 0.352 e. The molecule has 3 unspecified atom stereocenters. The van der Waals surface area contributed by atoms with E-state index in [0.29, 0.717) is 10.5 Å². The van der Waals surface area contributed by atoms with Crippen LogP contribution in [0.5, 0.6) is 0 Å². The molecule has 0 spiro atoms. The highest BCUT2D eigenvalue weighted by Crippen LogP contribution is 2.42. The molecule has 1 aliphatic heterocycles. The van der Waals surface area contributed by atoms with Gasteiger partial charge in [-0.1, -0.05) is 31.9 Å². The van der Waals surface area contributed by atoms with Crippen molar-refractivity contribution in [3.8, 4) is 0 Å². The quantitative estimate of drug-likeness (QED) is 0.666. The summed E-state index contributed by atoms with van der Waals surface area (Å²) in [5.74, 6) is -0.398. The van der Waals surface area contributed by atoms with Gasteiger partial charge in [0, 0.05) is 17.3 Å². The van der Waals surface area contributed by atoms with Gasteiger partial charge in [0.15, 0.2) is 0 Å². The Bertz CT molecular complexity index is 808. The number of hydrogen-bond acceptors (Lipinski definition) is 3. The fraction of sp³-hybridized carbons (Fsp3) is 0.545. The van der Waals surface area contributed by atoms with E-state index in [1.54, 1.807) is 11.0 Å². The Balaban J connectivity index is 1.82. The van der Waals surface area contributed by atoms with Crippen molar-refractivity contribution in [2.24, 2.45) is 0 Å². The van der Waals surface area contributed by atoms with E-state index >= 15 is 0 Å². The number of carbonyl (C=O) groups is 2. The van der Waals surface area contributed by atoms with Crippen molar-refractivity contribution in [1.82, 2.24) is 10.2 Å². The molecule has 1 saturated carbocycles. The summed E-state index contributed by atoms with van der Waals surface area (Å²) in [7, 11) is 0. The highest BCUT2D eigenvalue weighted by Gasteiger charge is 2.41. The summed E-state index contributed by atoms with van der Waals surface area (Å²) in [6.07, 6.45) is 1.97. The van der Waals surface area contributed by atoms with Crippen molar-refractivity contribution < 1.29 is 22.8 Å². The first-order chi connectivity index (χ1) is 14.2. The molecule has 1 heterocycles. The van der Waals surface area contributed by atoms with Crippen molar-refractivity contribution in [3.05, 3.63) is 40.3 Å². The summed E-state index contributed by atoms with van der Waals surface area (Å²) in [6, 6.07) is 4.84. The molecule has 1 N–H and O–H groups in total. The predicted molar refractivity (Wildman–Crippen MR) is 113 cm³/mol. The lowest BCUT2D eigenvalue weighted by atomic mass is 9.93. The standard InChI is InChI=1S/C22H27F3N2O2S/c1-3-14(2)26-20(28)13-27-17-6-4-5-7-18(17)30-19(21(27)29)12-15-8-10-16(11-9-15)22(23,24)25/h8-12,14,17-18H,3-7,13H2,1-2H3,(H,26,28)/b19-12+. The van der Waals surface area contributed by atoms with E-state index in [9.17, 15) is 22.8 Å². The number of carbonyl (C=O) groups excluding carboxylic acids is 2. The minimum absolute atomic E-state index is 0.00918. The van der Waals surface area contributed by atoms with Gasteiger partial charge in [-0.2, -0.15) is 13.2 Å². The molecule has 0 bridgehead atoms. The summed E-state index contributed by atoms with van der Waals surface area (Å²) in [5, 5.41) is 3.11. The van der Waals surface area contributed by atoms with Crippen molar-refractivity contribution in [2.75, 3.05) is 6.54 Å². The summed E-state index contributed by atoms with van der Waals surface area (Å²) in [6.45, 7) is 3.91. The van der Waals surface area contributed by atoms with Gasteiger partial charge in [0.1, 0.15) is 6.54 Å². The van der Waals surface area contributed by atoms with E-state index in [-0.39, 0.29) is 35.7 Å². The highest BCUT2D eigenvalue weighted by molar-refractivity contribution is 8.04. The molecule has 3 rings (SSSR count). The van der Waals surface area contributed by atoms with Gasteiger partial charge in [-0.05, 0) is 50.0 Å². The van der Waals surface area contributed by atoms with Gasteiger partial charge >= 0.3 is 6.18 Å². The first kappa shape index (κ1) is 22.7. The minimum Gasteiger partial charge on any atom is -0.352 e. The highest BCUT2D eigenvalue weighted by atomic mass is 32.2. The molecule has 164 valence electrons. The first-order valence-electron chi connectivity index (χ1n) is 10.3. The van der Waals surface area contributed by atoms with E-state index < -0.39 is 11.7 Å². The number of benzene rings is 1. The summed E-state index contributed by atoms with van der Waals surface area (Å²) in [5.41, 5.74) is -0.180. The van der Waals surface area contributed by atoms with Crippen molar-refractivity contribution >= 4 is 29.7 Å². The zero-order valence-corrected chi connectivity index (χ0v) is 18.0. The summed E-state index contributed by atoms with van der Waals surface area (Å²) >= 11 is 1.49. The molecule has 2 amide bonds. The maximum atomic E-state index is 13.2. The fourth-order valence-electron chi connectivity index (χ4n) is 3.86. The van der Waals surface area contributed by atoms with Gasteiger partial charge in [-0.25, -0.2) is 0 Å². The first-order valence-corrected chi connectivity index (χ1v) is 11.2. The van der Waals surface area contributed by atoms with E-state index in [4.69, 9.17) is 0 Å².